The van der Waals surface area contributed by atoms with Crippen molar-refractivity contribution in [1.82, 2.24) is 0 Å². The summed E-state index contributed by atoms with van der Waals surface area (Å²) in [5, 5.41) is 5.22. The second-order valence-corrected chi connectivity index (χ2v) is 7.75. The fourth-order valence-corrected chi connectivity index (χ4v) is 4.22. The zero-order chi connectivity index (χ0) is 19.9. The average Bonchev–Trinajstić information content (AvgIpc) is 3.02. The summed E-state index contributed by atoms with van der Waals surface area (Å²) in [6, 6.07) is 10.0. The van der Waals surface area contributed by atoms with E-state index in [2.05, 4.69) is 23.3 Å². The first-order valence-corrected chi connectivity index (χ1v) is 10.8. The topological polar surface area (TPSA) is 55.2 Å². The average molecular weight is 420 g/mol. The molecular formula is C21H26ClN3O2S. The first kappa shape index (κ1) is 21.0. The molecule has 0 aliphatic carbocycles. The Morgan fingerprint density at radius 2 is 1.93 bits per heavy atom. The summed E-state index contributed by atoms with van der Waals surface area (Å²) in [5.74, 6) is 0.803. The van der Waals surface area contributed by atoms with Gasteiger partial charge in [-0.3, -0.25) is 9.98 Å². The quantitative estimate of drug-likeness (QED) is 0.611. The summed E-state index contributed by atoms with van der Waals surface area (Å²) in [6.45, 7) is 8.12. The molecule has 0 fully saturated rings. The molecule has 0 bridgehead atoms. The minimum absolute atomic E-state index is 0.339. The van der Waals surface area contributed by atoms with E-state index >= 15 is 0 Å². The molecule has 0 atom stereocenters. The zero-order valence-electron chi connectivity index (χ0n) is 16.5. The summed E-state index contributed by atoms with van der Waals surface area (Å²) in [5.41, 5.74) is 2.92. The van der Waals surface area contributed by atoms with Crippen LogP contribution in [0.15, 0.2) is 40.3 Å². The van der Waals surface area contributed by atoms with Gasteiger partial charge in [0.15, 0.2) is 6.29 Å². The number of aryl methyl sites for hydroxylation is 1. The Labute approximate surface area is 175 Å². The van der Waals surface area contributed by atoms with E-state index in [1.807, 2.05) is 38.1 Å². The third-order valence-corrected chi connectivity index (χ3v) is 5.82. The van der Waals surface area contributed by atoms with Gasteiger partial charge >= 0.3 is 0 Å². The number of benzene rings is 1. The molecule has 28 heavy (non-hydrogen) atoms. The van der Waals surface area contributed by atoms with E-state index in [0.717, 1.165) is 34.1 Å². The lowest BCUT2D eigenvalue weighted by Crippen LogP contribution is -2.23. The summed E-state index contributed by atoms with van der Waals surface area (Å²) in [7, 11) is 0. The van der Waals surface area contributed by atoms with Crippen LogP contribution < -0.4 is 5.32 Å². The fourth-order valence-electron chi connectivity index (χ4n) is 2.98. The molecule has 5 nitrogen and oxygen atoms in total. The van der Waals surface area contributed by atoms with Gasteiger partial charge < -0.3 is 14.8 Å². The van der Waals surface area contributed by atoms with Crippen LogP contribution >= 0.6 is 22.9 Å². The Bertz CT molecular complexity index is 857. The largest absolute Gasteiger partial charge is 0.351 e. The van der Waals surface area contributed by atoms with E-state index in [0.29, 0.717) is 31.3 Å². The van der Waals surface area contributed by atoms with Gasteiger partial charge in [-0.1, -0.05) is 36.7 Å². The molecule has 1 aliphatic rings. The van der Waals surface area contributed by atoms with Crippen LogP contribution in [0, 0.1) is 0 Å². The maximum Gasteiger partial charge on any atom is 0.176 e. The highest BCUT2D eigenvalue weighted by atomic mass is 35.5. The Hall–Kier alpha value is -1.73. The standard InChI is InChI=1S/C21H26ClN3O2S/c1-4-14-11-16-20(15-9-7-8-10-17(15)22)24-12-18(25-21(16)28-14)23-13-19(26-5-2)27-6-3/h7-11,19H,4-6,12-13H2,1-3H3,(H,23,25). The molecule has 0 saturated heterocycles. The lowest BCUT2D eigenvalue weighted by Gasteiger charge is -2.15. The molecule has 0 saturated carbocycles. The fraction of sp³-hybridized carbons (Fsp3) is 0.429. The molecule has 1 aromatic heterocycles. The van der Waals surface area contributed by atoms with Crippen LogP contribution in [0.2, 0.25) is 5.02 Å². The van der Waals surface area contributed by atoms with Gasteiger partial charge in [0.05, 0.1) is 18.8 Å². The van der Waals surface area contributed by atoms with Crippen molar-refractivity contribution in [2.24, 2.45) is 9.98 Å². The number of amidine groups is 1. The summed E-state index contributed by atoms with van der Waals surface area (Å²) in [4.78, 5) is 10.8. The first-order valence-electron chi connectivity index (χ1n) is 9.62. The number of thiophene rings is 1. The molecule has 0 spiro atoms. The van der Waals surface area contributed by atoms with Gasteiger partial charge in [0.25, 0.3) is 0 Å². The number of rotatable bonds is 8. The molecule has 2 heterocycles. The molecule has 0 radical (unpaired) electrons. The molecule has 3 rings (SSSR count). The summed E-state index contributed by atoms with van der Waals surface area (Å²) >= 11 is 8.20. The highest BCUT2D eigenvalue weighted by molar-refractivity contribution is 7.16. The van der Waals surface area contributed by atoms with Crippen molar-refractivity contribution in [3.05, 3.63) is 51.4 Å². The van der Waals surface area contributed by atoms with E-state index in [9.17, 15) is 0 Å². The zero-order valence-corrected chi connectivity index (χ0v) is 18.1. The van der Waals surface area contributed by atoms with E-state index in [1.165, 1.54) is 4.88 Å². The number of fused-ring (bicyclic) bond motifs is 1. The summed E-state index contributed by atoms with van der Waals surface area (Å²) < 4.78 is 11.2. The smallest absolute Gasteiger partial charge is 0.176 e. The predicted molar refractivity (Wildman–Crippen MR) is 119 cm³/mol. The number of hydrogen-bond donors (Lipinski definition) is 1. The van der Waals surface area contributed by atoms with Gasteiger partial charge in [-0.05, 0) is 32.4 Å². The lowest BCUT2D eigenvalue weighted by atomic mass is 10.0. The minimum Gasteiger partial charge on any atom is -0.351 e. The third-order valence-electron chi connectivity index (χ3n) is 4.30. The van der Waals surface area contributed by atoms with Gasteiger partial charge in [0, 0.05) is 34.2 Å². The molecular weight excluding hydrogens is 394 g/mol. The second kappa shape index (κ2) is 10.2. The SMILES string of the molecule is CCOC(CN=C1CN=C(c2ccccc2Cl)c2cc(CC)sc2N1)OCC. The Balaban J connectivity index is 1.93. The monoisotopic (exact) mass is 419 g/mol. The number of aliphatic imine (C=N–C) groups is 2. The normalized spacial score (nSPS) is 15.3. The van der Waals surface area contributed by atoms with Crippen molar-refractivity contribution in [1.29, 1.82) is 0 Å². The van der Waals surface area contributed by atoms with Crippen LogP contribution in [0.3, 0.4) is 0 Å². The van der Waals surface area contributed by atoms with Crippen LogP contribution in [0.4, 0.5) is 5.00 Å². The van der Waals surface area contributed by atoms with Gasteiger partial charge in [0.1, 0.15) is 10.8 Å². The maximum atomic E-state index is 6.47. The van der Waals surface area contributed by atoms with Crippen LogP contribution in [0.25, 0.3) is 0 Å². The highest BCUT2D eigenvalue weighted by Gasteiger charge is 2.21. The van der Waals surface area contributed by atoms with Crippen molar-refractivity contribution in [2.75, 3.05) is 31.6 Å². The minimum atomic E-state index is -0.339. The maximum absolute atomic E-state index is 6.47. The molecule has 0 unspecified atom stereocenters. The van der Waals surface area contributed by atoms with Crippen LogP contribution in [0.1, 0.15) is 36.8 Å². The van der Waals surface area contributed by atoms with E-state index in [1.54, 1.807) is 11.3 Å². The van der Waals surface area contributed by atoms with E-state index in [-0.39, 0.29) is 6.29 Å². The molecule has 150 valence electrons. The molecule has 0 amide bonds. The van der Waals surface area contributed by atoms with Crippen molar-refractivity contribution in [3.63, 3.8) is 0 Å². The Morgan fingerprint density at radius 3 is 2.61 bits per heavy atom. The highest BCUT2D eigenvalue weighted by Crippen LogP contribution is 2.33. The van der Waals surface area contributed by atoms with Gasteiger partial charge in [-0.15, -0.1) is 11.3 Å². The number of hydrogen-bond acceptors (Lipinski definition) is 5. The molecule has 1 aromatic carbocycles. The number of ether oxygens (including phenoxy) is 2. The van der Waals surface area contributed by atoms with Crippen molar-refractivity contribution >= 4 is 39.5 Å². The molecule has 2 aromatic rings. The second-order valence-electron chi connectivity index (χ2n) is 6.21. The summed E-state index contributed by atoms with van der Waals surface area (Å²) in [6.07, 6.45) is 0.631. The van der Waals surface area contributed by atoms with Gasteiger partial charge in [-0.2, -0.15) is 0 Å². The number of halogens is 1. The number of nitrogens with one attached hydrogen (secondary N) is 1. The van der Waals surface area contributed by atoms with Crippen LogP contribution in [-0.2, 0) is 15.9 Å². The molecule has 1 N–H and O–H groups in total. The van der Waals surface area contributed by atoms with Gasteiger partial charge in [-0.25, -0.2) is 0 Å². The van der Waals surface area contributed by atoms with Crippen molar-refractivity contribution < 1.29 is 9.47 Å². The van der Waals surface area contributed by atoms with Crippen molar-refractivity contribution in [3.8, 4) is 0 Å². The molecule has 7 heteroatoms. The van der Waals surface area contributed by atoms with Crippen LogP contribution in [-0.4, -0.2) is 44.1 Å². The predicted octanol–water partition coefficient (Wildman–Crippen LogP) is 5.02. The van der Waals surface area contributed by atoms with Crippen LogP contribution in [0.5, 0.6) is 0 Å². The van der Waals surface area contributed by atoms with E-state index < -0.39 is 0 Å². The third kappa shape index (κ3) is 5.00. The number of nitrogens with zero attached hydrogens (tertiary/aromatic N) is 2. The first-order chi connectivity index (χ1) is 13.7. The number of anilines is 1. The lowest BCUT2D eigenvalue weighted by molar-refractivity contribution is -0.128. The molecule has 1 aliphatic heterocycles. The van der Waals surface area contributed by atoms with Gasteiger partial charge in [0.2, 0.25) is 0 Å². The van der Waals surface area contributed by atoms with Crippen molar-refractivity contribution in [2.45, 2.75) is 33.5 Å². The Morgan fingerprint density at radius 1 is 1.18 bits per heavy atom. The Kier molecular flexibility index (Phi) is 7.62. The van der Waals surface area contributed by atoms with E-state index in [4.69, 9.17) is 26.1 Å².